The van der Waals surface area contributed by atoms with Gasteiger partial charge in [0.05, 0.1) is 12.6 Å². The lowest BCUT2D eigenvalue weighted by molar-refractivity contribution is 0.417. The molecule has 0 saturated heterocycles. The summed E-state index contributed by atoms with van der Waals surface area (Å²) in [5.41, 5.74) is 5.38. The van der Waals surface area contributed by atoms with Crippen LogP contribution in [-0.4, -0.2) is 24.3 Å². The number of methoxy groups -OCH3 is 1. The van der Waals surface area contributed by atoms with Gasteiger partial charge in [-0.15, -0.1) is 0 Å². The van der Waals surface area contributed by atoms with Gasteiger partial charge in [-0.25, -0.2) is 0 Å². The normalized spacial score (nSPS) is 15.0. The highest BCUT2D eigenvalue weighted by molar-refractivity contribution is 5.93. The van der Waals surface area contributed by atoms with E-state index in [1.807, 2.05) is 0 Å². The molecule has 1 aromatic heterocycles. The quantitative estimate of drug-likeness (QED) is 0.905. The molecule has 2 aromatic rings. The summed E-state index contributed by atoms with van der Waals surface area (Å²) in [6.45, 7) is 5.48. The van der Waals surface area contributed by atoms with E-state index in [1.54, 1.807) is 7.11 Å². The number of hydrogen-bond acceptors (Lipinski definition) is 2. The molecular weight excluding hydrogens is 248 g/mol. The molecule has 0 radical (unpaired) electrons. The summed E-state index contributed by atoms with van der Waals surface area (Å²) in [6.07, 6.45) is 3.79. The Morgan fingerprint density at radius 2 is 2.05 bits per heavy atom. The lowest BCUT2D eigenvalue weighted by Gasteiger charge is -2.07. The molecule has 1 heterocycles. The Hall–Kier alpha value is -1.48. The molecular formula is C17H24N2O. The second kappa shape index (κ2) is 5.13. The van der Waals surface area contributed by atoms with E-state index in [2.05, 4.69) is 42.9 Å². The molecule has 0 amide bonds. The summed E-state index contributed by atoms with van der Waals surface area (Å²) in [6, 6.07) is 5.02. The molecule has 3 nitrogen and oxygen atoms in total. The zero-order chi connectivity index (χ0) is 14.3. The lowest BCUT2D eigenvalue weighted by atomic mass is 10.0. The molecule has 0 bridgehead atoms. The average Bonchev–Trinajstić information content (AvgIpc) is 3.22. The van der Waals surface area contributed by atoms with E-state index in [0.29, 0.717) is 0 Å². The van der Waals surface area contributed by atoms with E-state index < -0.39 is 0 Å². The number of benzene rings is 1. The largest absolute Gasteiger partial charge is 0.495 e. The molecule has 1 saturated carbocycles. The monoisotopic (exact) mass is 272 g/mol. The predicted molar refractivity (Wildman–Crippen MR) is 83.7 cm³/mol. The van der Waals surface area contributed by atoms with Gasteiger partial charge in [0.25, 0.3) is 0 Å². The van der Waals surface area contributed by atoms with Gasteiger partial charge < -0.3 is 14.6 Å². The van der Waals surface area contributed by atoms with Crippen molar-refractivity contribution < 1.29 is 4.74 Å². The van der Waals surface area contributed by atoms with Crippen LogP contribution in [0.4, 0.5) is 0 Å². The Balaban J connectivity index is 2.03. The molecule has 0 spiro atoms. The highest BCUT2D eigenvalue weighted by atomic mass is 16.5. The number of fused-ring (bicyclic) bond motifs is 1. The van der Waals surface area contributed by atoms with E-state index in [9.17, 15) is 0 Å². The van der Waals surface area contributed by atoms with Crippen LogP contribution in [0, 0.1) is 13.8 Å². The standard InChI is InChI=1S/C17H24N2O/c1-11-5-8-15(20-4)17-16(11)14(12(2)19(17)3)9-10-18-13-6-7-13/h5,8,13,18H,6-7,9-10H2,1-4H3. The first kappa shape index (κ1) is 13.5. The number of aromatic nitrogens is 1. The molecule has 108 valence electrons. The van der Waals surface area contributed by atoms with Crippen LogP contribution in [0.2, 0.25) is 0 Å². The first-order valence-electron chi connectivity index (χ1n) is 7.48. The van der Waals surface area contributed by atoms with Crippen molar-refractivity contribution in [3.63, 3.8) is 0 Å². The molecule has 20 heavy (non-hydrogen) atoms. The zero-order valence-corrected chi connectivity index (χ0v) is 12.9. The summed E-state index contributed by atoms with van der Waals surface area (Å²) in [7, 11) is 3.89. The minimum Gasteiger partial charge on any atom is -0.495 e. The second-order valence-corrected chi connectivity index (χ2v) is 5.91. The molecule has 0 unspecified atom stereocenters. The lowest BCUT2D eigenvalue weighted by Crippen LogP contribution is -2.19. The van der Waals surface area contributed by atoms with Gasteiger partial charge in [0.15, 0.2) is 0 Å². The van der Waals surface area contributed by atoms with E-state index in [4.69, 9.17) is 4.74 Å². The molecule has 3 heteroatoms. The van der Waals surface area contributed by atoms with Crippen LogP contribution < -0.4 is 10.1 Å². The van der Waals surface area contributed by atoms with Gasteiger partial charge >= 0.3 is 0 Å². The molecule has 1 aliphatic rings. The highest BCUT2D eigenvalue weighted by Crippen LogP contribution is 2.34. The molecule has 1 aromatic carbocycles. The fraction of sp³-hybridized carbons (Fsp3) is 0.529. The Morgan fingerprint density at radius 3 is 2.70 bits per heavy atom. The maximum Gasteiger partial charge on any atom is 0.143 e. The Labute approximate surface area is 120 Å². The predicted octanol–water partition coefficient (Wildman–Crippen LogP) is 3.10. The number of nitrogens with one attached hydrogen (secondary N) is 1. The number of hydrogen-bond donors (Lipinski definition) is 1. The maximum absolute atomic E-state index is 5.55. The van der Waals surface area contributed by atoms with Crippen LogP contribution in [0.3, 0.4) is 0 Å². The van der Waals surface area contributed by atoms with Crippen LogP contribution in [-0.2, 0) is 13.5 Å². The van der Waals surface area contributed by atoms with Crippen molar-refractivity contribution in [2.45, 2.75) is 39.2 Å². The smallest absolute Gasteiger partial charge is 0.143 e. The molecule has 1 fully saturated rings. The number of aryl methyl sites for hydroxylation is 2. The third-order valence-electron chi connectivity index (χ3n) is 4.53. The minimum absolute atomic E-state index is 0.779. The molecule has 1 N–H and O–H groups in total. The van der Waals surface area contributed by atoms with E-state index in [-0.39, 0.29) is 0 Å². The van der Waals surface area contributed by atoms with Gasteiger partial charge in [0, 0.05) is 24.2 Å². The van der Waals surface area contributed by atoms with Gasteiger partial charge in [-0.3, -0.25) is 0 Å². The summed E-state index contributed by atoms with van der Waals surface area (Å²) in [5.74, 6) is 0.970. The molecule has 0 atom stereocenters. The fourth-order valence-corrected chi connectivity index (χ4v) is 3.10. The van der Waals surface area contributed by atoms with E-state index >= 15 is 0 Å². The van der Waals surface area contributed by atoms with Crippen molar-refractivity contribution in [1.29, 1.82) is 0 Å². The summed E-state index contributed by atoms with van der Waals surface area (Å²) in [5, 5.41) is 4.99. The van der Waals surface area contributed by atoms with Crippen LogP contribution in [0.15, 0.2) is 12.1 Å². The summed E-state index contributed by atoms with van der Waals surface area (Å²) < 4.78 is 7.82. The molecule has 1 aliphatic carbocycles. The van der Waals surface area contributed by atoms with Crippen molar-refractivity contribution in [3.8, 4) is 5.75 Å². The van der Waals surface area contributed by atoms with E-state index in [0.717, 1.165) is 24.8 Å². The molecule has 3 rings (SSSR count). The first-order chi connectivity index (χ1) is 9.63. The fourth-order valence-electron chi connectivity index (χ4n) is 3.10. The van der Waals surface area contributed by atoms with Gasteiger partial charge in [-0.05, 0) is 56.8 Å². The summed E-state index contributed by atoms with van der Waals surface area (Å²) in [4.78, 5) is 0. The first-order valence-corrected chi connectivity index (χ1v) is 7.48. The number of nitrogens with zero attached hydrogens (tertiary/aromatic N) is 1. The van der Waals surface area contributed by atoms with Gasteiger partial charge in [0.1, 0.15) is 5.75 Å². The van der Waals surface area contributed by atoms with Crippen molar-refractivity contribution >= 4 is 10.9 Å². The van der Waals surface area contributed by atoms with Crippen molar-refractivity contribution in [3.05, 3.63) is 29.0 Å². The third kappa shape index (κ3) is 2.20. The Morgan fingerprint density at radius 1 is 1.30 bits per heavy atom. The second-order valence-electron chi connectivity index (χ2n) is 5.91. The number of rotatable bonds is 5. The molecule has 0 aliphatic heterocycles. The average molecular weight is 272 g/mol. The van der Waals surface area contributed by atoms with Crippen LogP contribution in [0.1, 0.15) is 29.7 Å². The summed E-state index contributed by atoms with van der Waals surface area (Å²) >= 11 is 0. The van der Waals surface area contributed by atoms with Gasteiger partial charge in [-0.1, -0.05) is 6.07 Å². The highest BCUT2D eigenvalue weighted by Gasteiger charge is 2.21. The van der Waals surface area contributed by atoms with Crippen molar-refractivity contribution in [2.24, 2.45) is 7.05 Å². The number of ether oxygens (including phenoxy) is 1. The van der Waals surface area contributed by atoms with Crippen LogP contribution in [0.5, 0.6) is 5.75 Å². The maximum atomic E-state index is 5.55. The minimum atomic E-state index is 0.779. The van der Waals surface area contributed by atoms with E-state index in [1.165, 1.54) is 40.6 Å². The van der Waals surface area contributed by atoms with Gasteiger partial charge in [0.2, 0.25) is 0 Å². The third-order valence-corrected chi connectivity index (χ3v) is 4.53. The van der Waals surface area contributed by atoms with Crippen LogP contribution in [0.25, 0.3) is 10.9 Å². The van der Waals surface area contributed by atoms with Gasteiger partial charge in [-0.2, -0.15) is 0 Å². The zero-order valence-electron chi connectivity index (χ0n) is 12.9. The van der Waals surface area contributed by atoms with Crippen molar-refractivity contribution in [2.75, 3.05) is 13.7 Å². The Bertz CT molecular complexity index is 638. The van der Waals surface area contributed by atoms with Crippen molar-refractivity contribution in [1.82, 2.24) is 9.88 Å². The topological polar surface area (TPSA) is 26.2 Å². The van der Waals surface area contributed by atoms with Crippen LogP contribution >= 0.6 is 0 Å². The Kier molecular flexibility index (Phi) is 3.47. The SMILES string of the molecule is COc1ccc(C)c2c(CCNC3CC3)c(C)n(C)c12.